The molecule has 1 fully saturated rings. The van der Waals surface area contributed by atoms with E-state index in [2.05, 4.69) is 52.9 Å². The van der Waals surface area contributed by atoms with Gasteiger partial charge in [-0.1, -0.05) is 19.9 Å². The standard InChI is InChI=1S/C13H21N3S/c1-10-7-16(8-11(2)17-10)9-12-5-4-6-13(14-3)15-12/h4-6,10-11H,7-9H2,1-3H3,(H,14,15). The fourth-order valence-electron chi connectivity index (χ4n) is 2.35. The van der Waals surface area contributed by atoms with Gasteiger partial charge in [0.05, 0.1) is 5.69 Å². The molecule has 1 saturated heterocycles. The Morgan fingerprint density at radius 1 is 1.35 bits per heavy atom. The number of pyridine rings is 1. The SMILES string of the molecule is CNc1cccc(CN2CC(C)SC(C)C2)n1. The van der Waals surface area contributed by atoms with Crippen LogP contribution in [0.3, 0.4) is 0 Å². The van der Waals surface area contributed by atoms with E-state index in [0.29, 0.717) is 0 Å². The monoisotopic (exact) mass is 251 g/mol. The van der Waals surface area contributed by atoms with Crippen LogP contribution in [0.15, 0.2) is 18.2 Å². The summed E-state index contributed by atoms with van der Waals surface area (Å²) in [4.78, 5) is 7.08. The summed E-state index contributed by atoms with van der Waals surface area (Å²) in [7, 11) is 1.91. The van der Waals surface area contributed by atoms with Crippen molar-refractivity contribution in [1.82, 2.24) is 9.88 Å². The maximum Gasteiger partial charge on any atom is 0.126 e. The number of anilines is 1. The van der Waals surface area contributed by atoms with Crippen molar-refractivity contribution in [2.45, 2.75) is 30.9 Å². The van der Waals surface area contributed by atoms with Crippen molar-refractivity contribution in [2.75, 3.05) is 25.5 Å². The summed E-state index contributed by atoms with van der Waals surface area (Å²) in [6.07, 6.45) is 0. The van der Waals surface area contributed by atoms with E-state index in [1.807, 2.05) is 13.1 Å². The minimum Gasteiger partial charge on any atom is -0.373 e. The molecule has 0 radical (unpaired) electrons. The van der Waals surface area contributed by atoms with Gasteiger partial charge >= 0.3 is 0 Å². The fraction of sp³-hybridized carbons (Fsp3) is 0.615. The van der Waals surface area contributed by atoms with Gasteiger partial charge in [0.1, 0.15) is 5.82 Å². The van der Waals surface area contributed by atoms with Gasteiger partial charge in [-0.2, -0.15) is 11.8 Å². The van der Waals surface area contributed by atoms with Crippen molar-refractivity contribution >= 4 is 17.6 Å². The predicted octanol–water partition coefficient (Wildman–Crippen LogP) is 2.45. The summed E-state index contributed by atoms with van der Waals surface area (Å²) >= 11 is 2.09. The summed E-state index contributed by atoms with van der Waals surface area (Å²) in [6, 6.07) is 6.18. The molecule has 0 bridgehead atoms. The zero-order valence-corrected chi connectivity index (χ0v) is 11.6. The highest BCUT2D eigenvalue weighted by molar-refractivity contribution is 8.00. The first kappa shape index (κ1) is 12.7. The molecule has 2 atom stereocenters. The van der Waals surface area contributed by atoms with E-state index in [1.54, 1.807) is 0 Å². The predicted molar refractivity (Wildman–Crippen MR) is 75.6 cm³/mol. The number of hydrogen-bond donors (Lipinski definition) is 1. The molecule has 2 unspecified atom stereocenters. The summed E-state index contributed by atoms with van der Waals surface area (Å²) in [5.74, 6) is 0.954. The molecule has 1 aliphatic rings. The van der Waals surface area contributed by atoms with Gasteiger partial charge in [0.25, 0.3) is 0 Å². The topological polar surface area (TPSA) is 28.2 Å². The summed E-state index contributed by atoms with van der Waals surface area (Å²) in [5.41, 5.74) is 1.16. The van der Waals surface area contributed by atoms with Crippen LogP contribution in [0.2, 0.25) is 0 Å². The Labute approximate surface area is 108 Å². The lowest BCUT2D eigenvalue weighted by molar-refractivity contribution is 0.260. The fourth-order valence-corrected chi connectivity index (χ4v) is 3.74. The van der Waals surface area contributed by atoms with Crippen LogP contribution in [-0.4, -0.2) is 40.5 Å². The molecule has 1 aromatic rings. The summed E-state index contributed by atoms with van der Waals surface area (Å²) < 4.78 is 0. The maximum atomic E-state index is 4.58. The molecule has 2 rings (SSSR count). The maximum absolute atomic E-state index is 4.58. The second kappa shape index (κ2) is 5.74. The molecule has 3 nitrogen and oxygen atoms in total. The highest BCUT2D eigenvalue weighted by atomic mass is 32.2. The highest BCUT2D eigenvalue weighted by Crippen LogP contribution is 2.25. The lowest BCUT2D eigenvalue weighted by Crippen LogP contribution is -2.39. The van der Waals surface area contributed by atoms with Crippen LogP contribution < -0.4 is 5.32 Å². The molecular weight excluding hydrogens is 230 g/mol. The van der Waals surface area contributed by atoms with Gasteiger partial charge < -0.3 is 5.32 Å². The van der Waals surface area contributed by atoms with Crippen LogP contribution in [0, 0.1) is 0 Å². The lowest BCUT2D eigenvalue weighted by Gasteiger charge is -2.34. The molecule has 1 N–H and O–H groups in total. The van der Waals surface area contributed by atoms with Crippen molar-refractivity contribution in [2.24, 2.45) is 0 Å². The second-order valence-corrected chi connectivity index (χ2v) is 6.60. The quantitative estimate of drug-likeness (QED) is 0.893. The third-order valence-electron chi connectivity index (χ3n) is 2.94. The zero-order chi connectivity index (χ0) is 12.3. The van der Waals surface area contributed by atoms with Gasteiger partial charge in [0.15, 0.2) is 0 Å². The van der Waals surface area contributed by atoms with Crippen LogP contribution in [0.1, 0.15) is 19.5 Å². The van der Waals surface area contributed by atoms with Crippen LogP contribution in [-0.2, 0) is 6.54 Å². The first-order valence-electron chi connectivity index (χ1n) is 6.19. The van der Waals surface area contributed by atoms with E-state index in [1.165, 1.54) is 13.1 Å². The van der Waals surface area contributed by atoms with Crippen molar-refractivity contribution in [3.63, 3.8) is 0 Å². The first-order valence-corrected chi connectivity index (χ1v) is 7.13. The van der Waals surface area contributed by atoms with E-state index in [-0.39, 0.29) is 0 Å². The smallest absolute Gasteiger partial charge is 0.126 e. The average Bonchev–Trinajstić information content (AvgIpc) is 2.28. The number of nitrogens with zero attached hydrogens (tertiary/aromatic N) is 2. The van der Waals surface area contributed by atoms with E-state index in [0.717, 1.165) is 28.6 Å². The molecular formula is C13H21N3S. The van der Waals surface area contributed by atoms with Crippen LogP contribution in [0.25, 0.3) is 0 Å². The summed E-state index contributed by atoms with van der Waals surface area (Å²) in [5, 5.41) is 4.54. The third kappa shape index (κ3) is 3.61. The minimum atomic E-state index is 0.728. The number of thioether (sulfide) groups is 1. The van der Waals surface area contributed by atoms with Crippen molar-refractivity contribution in [3.05, 3.63) is 23.9 Å². The number of aromatic nitrogens is 1. The van der Waals surface area contributed by atoms with Gasteiger partial charge in [-0.05, 0) is 12.1 Å². The Morgan fingerprint density at radius 3 is 2.71 bits per heavy atom. The summed E-state index contributed by atoms with van der Waals surface area (Å²) in [6.45, 7) is 7.92. The highest BCUT2D eigenvalue weighted by Gasteiger charge is 2.22. The molecule has 17 heavy (non-hydrogen) atoms. The molecule has 94 valence electrons. The molecule has 1 aromatic heterocycles. The van der Waals surface area contributed by atoms with Crippen molar-refractivity contribution in [1.29, 1.82) is 0 Å². The Balaban J connectivity index is 1.99. The third-order valence-corrected chi connectivity index (χ3v) is 4.17. The molecule has 4 heteroatoms. The first-order chi connectivity index (χ1) is 8.17. The normalized spacial score (nSPS) is 25.8. The Hall–Kier alpha value is -0.740. The Morgan fingerprint density at radius 2 is 2.06 bits per heavy atom. The van der Waals surface area contributed by atoms with E-state index >= 15 is 0 Å². The van der Waals surface area contributed by atoms with Gasteiger partial charge in [-0.3, -0.25) is 4.90 Å². The van der Waals surface area contributed by atoms with Gasteiger partial charge in [0.2, 0.25) is 0 Å². The lowest BCUT2D eigenvalue weighted by atomic mass is 10.2. The Bertz CT molecular complexity index is 359. The number of rotatable bonds is 3. The largest absolute Gasteiger partial charge is 0.373 e. The van der Waals surface area contributed by atoms with Gasteiger partial charge in [0, 0.05) is 37.2 Å². The van der Waals surface area contributed by atoms with Gasteiger partial charge in [-0.15, -0.1) is 0 Å². The van der Waals surface area contributed by atoms with E-state index < -0.39 is 0 Å². The molecule has 0 aromatic carbocycles. The number of hydrogen-bond acceptors (Lipinski definition) is 4. The van der Waals surface area contributed by atoms with Crippen LogP contribution >= 0.6 is 11.8 Å². The molecule has 0 saturated carbocycles. The Kier molecular flexibility index (Phi) is 4.29. The molecule has 0 amide bonds. The van der Waals surface area contributed by atoms with Crippen molar-refractivity contribution in [3.8, 4) is 0 Å². The molecule has 0 aliphatic carbocycles. The van der Waals surface area contributed by atoms with Gasteiger partial charge in [-0.25, -0.2) is 4.98 Å². The van der Waals surface area contributed by atoms with Crippen LogP contribution in [0.5, 0.6) is 0 Å². The van der Waals surface area contributed by atoms with E-state index in [9.17, 15) is 0 Å². The van der Waals surface area contributed by atoms with Crippen LogP contribution in [0.4, 0.5) is 5.82 Å². The zero-order valence-electron chi connectivity index (χ0n) is 10.8. The van der Waals surface area contributed by atoms with E-state index in [4.69, 9.17) is 0 Å². The molecule has 0 spiro atoms. The minimum absolute atomic E-state index is 0.728. The molecule has 1 aliphatic heterocycles. The number of nitrogens with one attached hydrogen (secondary N) is 1. The molecule has 2 heterocycles. The average molecular weight is 251 g/mol. The second-order valence-electron chi connectivity index (χ2n) is 4.72. The van der Waals surface area contributed by atoms with Crippen molar-refractivity contribution < 1.29 is 0 Å².